The Morgan fingerprint density at radius 2 is 1.69 bits per heavy atom. The lowest BCUT2D eigenvalue weighted by Crippen LogP contribution is -2.39. The topological polar surface area (TPSA) is 61.4 Å². The van der Waals surface area contributed by atoms with Crippen LogP contribution in [0, 0.1) is 5.82 Å². The van der Waals surface area contributed by atoms with Crippen molar-refractivity contribution in [3.8, 4) is 0 Å². The molecule has 1 unspecified atom stereocenters. The maximum absolute atomic E-state index is 13.1. The molecule has 1 fully saturated rings. The number of benzene rings is 2. The number of amides is 2. The van der Waals surface area contributed by atoms with E-state index in [1.807, 2.05) is 17.1 Å². The van der Waals surface area contributed by atoms with Gasteiger partial charge in [-0.1, -0.05) is 24.3 Å². The van der Waals surface area contributed by atoms with Crippen LogP contribution in [0.15, 0.2) is 48.5 Å². The number of nitrogens with zero attached hydrogens (tertiary/aromatic N) is 1. The first-order valence-corrected chi connectivity index (χ1v) is 10.3. The van der Waals surface area contributed by atoms with Gasteiger partial charge in [-0.2, -0.15) is 13.2 Å². The largest absolute Gasteiger partial charge is 0.405 e. The van der Waals surface area contributed by atoms with E-state index in [1.165, 1.54) is 24.3 Å². The van der Waals surface area contributed by atoms with Crippen LogP contribution in [0.4, 0.5) is 17.6 Å². The standard InChI is InChI=1S/C23H25F4N3O2/c1-15(17-6-8-19(24)9-7-17)29-21(31)13-30(20-10-11-20)12-16-2-4-18(5-3-16)22(32)28-14-23(25,26)27/h2-9,15,20H,10-14H2,1H3,(H,28,32)(H,29,31). The van der Waals surface area contributed by atoms with Crippen LogP contribution >= 0.6 is 0 Å². The van der Waals surface area contributed by atoms with Gasteiger partial charge in [0, 0.05) is 18.2 Å². The molecular weight excluding hydrogens is 426 g/mol. The Kier molecular flexibility index (Phi) is 7.50. The number of carbonyl (C=O) groups excluding carboxylic acids is 2. The van der Waals surface area contributed by atoms with Gasteiger partial charge in [0.05, 0.1) is 12.6 Å². The van der Waals surface area contributed by atoms with Crippen molar-refractivity contribution in [2.75, 3.05) is 13.1 Å². The lowest BCUT2D eigenvalue weighted by atomic mass is 10.1. The molecule has 0 radical (unpaired) electrons. The van der Waals surface area contributed by atoms with Crippen molar-refractivity contribution in [2.24, 2.45) is 0 Å². The Morgan fingerprint density at radius 3 is 2.25 bits per heavy atom. The van der Waals surface area contributed by atoms with E-state index < -0.39 is 18.6 Å². The highest BCUT2D eigenvalue weighted by molar-refractivity contribution is 5.94. The molecule has 0 saturated heterocycles. The molecule has 0 heterocycles. The number of rotatable bonds is 9. The van der Waals surface area contributed by atoms with Crippen molar-refractivity contribution >= 4 is 11.8 Å². The molecule has 0 aromatic heterocycles. The van der Waals surface area contributed by atoms with Crippen LogP contribution in [0.1, 0.15) is 47.3 Å². The van der Waals surface area contributed by atoms with Crippen molar-refractivity contribution < 1.29 is 27.2 Å². The van der Waals surface area contributed by atoms with Crippen molar-refractivity contribution in [3.05, 3.63) is 71.0 Å². The smallest absolute Gasteiger partial charge is 0.348 e. The first-order chi connectivity index (χ1) is 15.1. The summed E-state index contributed by atoms with van der Waals surface area (Å²) >= 11 is 0. The number of hydrogen-bond donors (Lipinski definition) is 2. The quantitative estimate of drug-likeness (QED) is 0.568. The summed E-state index contributed by atoms with van der Waals surface area (Å²) in [6, 6.07) is 12.3. The molecule has 172 valence electrons. The number of hydrogen-bond acceptors (Lipinski definition) is 3. The van der Waals surface area contributed by atoms with Gasteiger partial charge in [0.1, 0.15) is 12.4 Å². The zero-order valence-electron chi connectivity index (χ0n) is 17.6. The number of halogens is 4. The maximum atomic E-state index is 13.1. The second-order valence-corrected chi connectivity index (χ2v) is 7.97. The van der Waals surface area contributed by atoms with Gasteiger partial charge in [-0.25, -0.2) is 4.39 Å². The lowest BCUT2D eigenvalue weighted by Gasteiger charge is -2.23. The summed E-state index contributed by atoms with van der Waals surface area (Å²) in [5.41, 5.74) is 1.79. The predicted octanol–water partition coefficient (Wildman–Crippen LogP) is 3.96. The van der Waals surface area contributed by atoms with E-state index in [0.29, 0.717) is 6.54 Å². The molecule has 32 heavy (non-hydrogen) atoms. The van der Waals surface area contributed by atoms with E-state index in [0.717, 1.165) is 24.0 Å². The summed E-state index contributed by atoms with van der Waals surface area (Å²) < 4.78 is 49.8. The van der Waals surface area contributed by atoms with Crippen LogP contribution in [0.3, 0.4) is 0 Å². The molecule has 1 saturated carbocycles. The highest BCUT2D eigenvalue weighted by Crippen LogP contribution is 2.28. The van der Waals surface area contributed by atoms with Gasteiger partial charge in [-0.3, -0.25) is 14.5 Å². The van der Waals surface area contributed by atoms with Crippen LogP contribution in [0.2, 0.25) is 0 Å². The molecular formula is C23H25F4N3O2. The zero-order valence-corrected chi connectivity index (χ0v) is 17.6. The number of carbonyl (C=O) groups is 2. The Hall–Kier alpha value is -2.94. The van der Waals surface area contributed by atoms with Crippen molar-refractivity contribution in [1.29, 1.82) is 0 Å². The van der Waals surface area contributed by atoms with E-state index in [9.17, 15) is 27.2 Å². The minimum Gasteiger partial charge on any atom is -0.348 e. The first kappa shape index (κ1) is 23.7. The Labute approximate surface area is 183 Å². The summed E-state index contributed by atoms with van der Waals surface area (Å²) in [7, 11) is 0. The van der Waals surface area contributed by atoms with Crippen molar-refractivity contribution in [2.45, 2.75) is 44.6 Å². The molecule has 0 spiro atoms. The fourth-order valence-electron chi connectivity index (χ4n) is 3.34. The maximum Gasteiger partial charge on any atom is 0.405 e. The second-order valence-electron chi connectivity index (χ2n) is 7.97. The lowest BCUT2D eigenvalue weighted by molar-refractivity contribution is -0.124. The van der Waals surface area contributed by atoms with E-state index in [1.54, 1.807) is 24.3 Å². The average Bonchev–Trinajstić information content (AvgIpc) is 3.57. The highest BCUT2D eigenvalue weighted by Gasteiger charge is 2.31. The molecule has 1 atom stereocenters. The van der Waals surface area contributed by atoms with Crippen molar-refractivity contribution in [1.82, 2.24) is 15.5 Å². The molecule has 9 heteroatoms. The molecule has 3 rings (SSSR count). The first-order valence-electron chi connectivity index (χ1n) is 10.3. The van der Waals surface area contributed by atoms with Gasteiger partial charge < -0.3 is 10.6 Å². The van der Waals surface area contributed by atoms with Crippen LogP contribution in [0.25, 0.3) is 0 Å². The number of alkyl halides is 3. The average molecular weight is 451 g/mol. The van der Waals surface area contributed by atoms with Gasteiger partial charge >= 0.3 is 6.18 Å². The third-order valence-corrected chi connectivity index (χ3v) is 5.21. The van der Waals surface area contributed by atoms with E-state index in [2.05, 4.69) is 5.32 Å². The molecule has 5 nitrogen and oxygen atoms in total. The fraction of sp³-hybridized carbons (Fsp3) is 0.391. The minimum absolute atomic E-state index is 0.141. The Morgan fingerprint density at radius 1 is 1.06 bits per heavy atom. The molecule has 2 N–H and O–H groups in total. The minimum atomic E-state index is -4.46. The van der Waals surface area contributed by atoms with Gasteiger partial charge in [0.2, 0.25) is 5.91 Å². The zero-order chi connectivity index (χ0) is 23.3. The molecule has 0 aliphatic heterocycles. The summed E-state index contributed by atoms with van der Waals surface area (Å²) in [5.74, 6) is -1.28. The molecule has 2 aromatic carbocycles. The molecule has 2 aromatic rings. The van der Waals surface area contributed by atoms with Gasteiger partial charge in [0.25, 0.3) is 5.91 Å². The molecule has 1 aliphatic carbocycles. The van der Waals surface area contributed by atoms with Crippen LogP contribution < -0.4 is 10.6 Å². The van der Waals surface area contributed by atoms with Crippen LogP contribution in [-0.2, 0) is 11.3 Å². The molecule has 0 bridgehead atoms. The summed E-state index contributed by atoms with van der Waals surface area (Å²) in [5, 5.41) is 4.76. The fourth-order valence-corrected chi connectivity index (χ4v) is 3.34. The van der Waals surface area contributed by atoms with Crippen molar-refractivity contribution in [3.63, 3.8) is 0 Å². The van der Waals surface area contributed by atoms with Gasteiger partial charge in [-0.15, -0.1) is 0 Å². The van der Waals surface area contributed by atoms with Gasteiger partial charge in [0.15, 0.2) is 0 Å². The van der Waals surface area contributed by atoms with E-state index in [4.69, 9.17) is 0 Å². The third-order valence-electron chi connectivity index (χ3n) is 5.21. The van der Waals surface area contributed by atoms with Gasteiger partial charge in [-0.05, 0) is 55.2 Å². The SMILES string of the molecule is CC(NC(=O)CN(Cc1ccc(C(=O)NCC(F)(F)F)cc1)C1CC1)c1ccc(F)cc1. The monoisotopic (exact) mass is 451 g/mol. The van der Waals surface area contributed by atoms with Crippen LogP contribution in [-0.4, -0.2) is 42.0 Å². The Balaban J connectivity index is 1.54. The second kappa shape index (κ2) is 10.1. The van der Waals surface area contributed by atoms with E-state index in [-0.39, 0.29) is 35.9 Å². The summed E-state index contributed by atoms with van der Waals surface area (Å²) in [4.78, 5) is 26.4. The third kappa shape index (κ3) is 7.33. The summed E-state index contributed by atoms with van der Waals surface area (Å²) in [6.07, 6.45) is -2.49. The van der Waals surface area contributed by atoms with E-state index >= 15 is 0 Å². The Bertz CT molecular complexity index is 926. The van der Waals surface area contributed by atoms with Crippen LogP contribution in [0.5, 0.6) is 0 Å². The normalized spacial score (nSPS) is 14.8. The highest BCUT2D eigenvalue weighted by atomic mass is 19.4. The molecule has 1 aliphatic rings. The number of nitrogens with one attached hydrogen (secondary N) is 2. The summed E-state index contributed by atoms with van der Waals surface area (Å²) in [6.45, 7) is 1.11. The predicted molar refractivity (Wildman–Crippen MR) is 111 cm³/mol. The molecule has 2 amide bonds.